The molecule has 2 saturated carbocycles. The highest BCUT2D eigenvalue weighted by Crippen LogP contribution is 2.48. The first-order valence-corrected chi connectivity index (χ1v) is 21.6. The van der Waals surface area contributed by atoms with E-state index < -0.39 is 12.1 Å². The molecule has 0 bridgehead atoms. The third-order valence-electron chi connectivity index (χ3n) is 11.9. The van der Waals surface area contributed by atoms with Crippen LogP contribution in [-0.4, -0.2) is 58.1 Å². The van der Waals surface area contributed by atoms with Gasteiger partial charge in [-0.05, 0) is 92.9 Å². The topological polar surface area (TPSA) is 113 Å². The number of carboxylic acid groups (broad SMARTS) is 1. The van der Waals surface area contributed by atoms with Crippen molar-refractivity contribution in [3.8, 4) is 5.75 Å². The lowest BCUT2D eigenvalue weighted by atomic mass is 9.63. The Morgan fingerprint density at radius 3 is 2.23 bits per heavy atom. The van der Waals surface area contributed by atoms with E-state index in [2.05, 4.69) is 32.1 Å². The normalized spacial score (nSPS) is 21.6. The first-order chi connectivity index (χ1) is 25.7. The van der Waals surface area contributed by atoms with Gasteiger partial charge in [-0.2, -0.15) is 0 Å². The molecule has 2 fully saturated rings. The smallest absolute Gasteiger partial charge is 0.335 e. The summed E-state index contributed by atoms with van der Waals surface area (Å²) in [7, 11) is 0. The fourth-order valence-corrected chi connectivity index (χ4v) is 8.58. The lowest BCUT2D eigenvalue weighted by molar-refractivity contribution is -0.143. The second kappa shape index (κ2) is 25.7. The van der Waals surface area contributed by atoms with E-state index in [1.54, 1.807) is 18.2 Å². The maximum absolute atomic E-state index is 12.4. The number of unbranched alkanes of at least 4 members (excludes halogenated alkanes) is 12. The standard InChI is InChI=1S/C45H71ClO7/c1-3-5-6-7-8-9-10-11-12-13-16-19-31-52-36-26-27-37(44(50)51)35(33-36)28-32-53-43(49)25-18-15-14-17-22-38-39(41(47)34-40(38)46)23-20-24-42(48)45(4-2)29-21-30-45/h14,17,20,23,26-27,33,38-42,47-48H,3-13,15-16,18-19,21-22,24-25,28-32,34H2,1-2H3,(H,50,51)/b17-14-,23-20+/t38-,39-,40-,41-,42+/m1/s1. The van der Waals surface area contributed by atoms with Crippen LogP contribution in [0.25, 0.3) is 0 Å². The number of aromatic carboxylic acids is 1. The molecule has 2 aliphatic carbocycles. The molecule has 1 aromatic carbocycles. The molecular formula is C45H71ClO7. The largest absolute Gasteiger partial charge is 0.494 e. The van der Waals surface area contributed by atoms with Gasteiger partial charge in [-0.1, -0.05) is 115 Å². The van der Waals surface area contributed by atoms with Crippen molar-refractivity contribution >= 4 is 23.5 Å². The third-order valence-corrected chi connectivity index (χ3v) is 12.4. The number of aliphatic hydroxyl groups is 2. The summed E-state index contributed by atoms with van der Waals surface area (Å²) in [6, 6.07) is 5.04. The van der Waals surface area contributed by atoms with Crippen LogP contribution in [0.3, 0.4) is 0 Å². The van der Waals surface area contributed by atoms with Gasteiger partial charge in [0, 0.05) is 24.1 Å². The molecular weight excluding hydrogens is 688 g/mol. The number of ether oxygens (including phenoxy) is 2. The van der Waals surface area contributed by atoms with Gasteiger partial charge in [0.05, 0.1) is 31.0 Å². The molecule has 8 heteroatoms. The van der Waals surface area contributed by atoms with Crippen LogP contribution in [0.1, 0.15) is 171 Å². The number of carboxylic acids is 1. The Labute approximate surface area is 326 Å². The van der Waals surface area contributed by atoms with Crippen molar-refractivity contribution < 1.29 is 34.4 Å². The molecule has 5 atom stereocenters. The SMILES string of the molecule is CCCCCCCCCCCCCCOc1ccc(C(=O)O)c(CCOC(=O)CCC/C=C\C[C@@H]2[C@@H](/C=C/C[C@H](O)C3(CC)CCC3)[C@H](O)C[C@H]2Cl)c1. The Hall–Kier alpha value is -2.35. The quantitative estimate of drug-likeness (QED) is 0.0322. The molecule has 0 unspecified atom stereocenters. The summed E-state index contributed by atoms with van der Waals surface area (Å²) >= 11 is 6.64. The second-order valence-electron chi connectivity index (χ2n) is 15.7. The first-order valence-electron chi connectivity index (χ1n) is 21.2. The highest BCUT2D eigenvalue weighted by atomic mass is 35.5. The molecule has 3 N–H and O–H groups in total. The maximum Gasteiger partial charge on any atom is 0.335 e. The number of rotatable bonds is 29. The number of benzene rings is 1. The van der Waals surface area contributed by atoms with Crippen LogP contribution in [0.2, 0.25) is 0 Å². The predicted octanol–water partition coefficient (Wildman–Crippen LogP) is 11.2. The van der Waals surface area contributed by atoms with Crippen molar-refractivity contribution in [3.05, 3.63) is 53.6 Å². The van der Waals surface area contributed by atoms with E-state index >= 15 is 0 Å². The number of halogens is 1. The molecule has 0 amide bonds. The van der Waals surface area contributed by atoms with Crippen LogP contribution in [0.4, 0.5) is 0 Å². The average molecular weight is 760 g/mol. The number of carbonyl (C=O) groups is 2. The van der Waals surface area contributed by atoms with Gasteiger partial charge in [0.15, 0.2) is 0 Å². The molecule has 0 spiro atoms. The summed E-state index contributed by atoms with van der Waals surface area (Å²) < 4.78 is 11.4. The van der Waals surface area contributed by atoms with E-state index in [-0.39, 0.29) is 53.3 Å². The number of hydrogen-bond acceptors (Lipinski definition) is 6. The van der Waals surface area contributed by atoms with Crippen LogP contribution in [-0.2, 0) is 16.0 Å². The molecule has 3 rings (SSSR count). The van der Waals surface area contributed by atoms with E-state index in [1.807, 2.05) is 6.08 Å². The van der Waals surface area contributed by atoms with Gasteiger partial charge in [-0.3, -0.25) is 4.79 Å². The summed E-state index contributed by atoms with van der Waals surface area (Å²) in [6.45, 7) is 5.13. The molecule has 0 heterocycles. The van der Waals surface area contributed by atoms with Gasteiger partial charge < -0.3 is 24.8 Å². The Morgan fingerprint density at radius 2 is 1.60 bits per heavy atom. The van der Waals surface area contributed by atoms with Crippen LogP contribution in [0, 0.1) is 17.3 Å². The minimum atomic E-state index is -1.01. The van der Waals surface area contributed by atoms with Crippen LogP contribution in [0.15, 0.2) is 42.5 Å². The van der Waals surface area contributed by atoms with Crippen LogP contribution in [0.5, 0.6) is 5.75 Å². The molecule has 0 radical (unpaired) electrons. The van der Waals surface area contributed by atoms with Crippen molar-refractivity contribution in [1.29, 1.82) is 0 Å². The Bertz CT molecular complexity index is 1240. The Morgan fingerprint density at radius 1 is 0.925 bits per heavy atom. The zero-order valence-electron chi connectivity index (χ0n) is 33.0. The second-order valence-corrected chi connectivity index (χ2v) is 16.3. The van der Waals surface area contributed by atoms with Gasteiger partial charge >= 0.3 is 11.9 Å². The zero-order chi connectivity index (χ0) is 38.3. The van der Waals surface area contributed by atoms with Crippen LogP contribution >= 0.6 is 11.6 Å². The summed E-state index contributed by atoms with van der Waals surface area (Å²) in [5.74, 6) is -0.564. The molecule has 0 aliphatic heterocycles. The first kappa shape index (κ1) is 45.0. The van der Waals surface area contributed by atoms with Crippen molar-refractivity contribution in [3.63, 3.8) is 0 Å². The van der Waals surface area contributed by atoms with E-state index in [4.69, 9.17) is 21.1 Å². The monoisotopic (exact) mass is 758 g/mol. The Balaban J connectivity index is 1.29. The molecule has 53 heavy (non-hydrogen) atoms. The number of alkyl halides is 1. The summed E-state index contributed by atoms with van der Waals surface area (Å²) in [4.78, 5) is 24.2. The van der Waals surface area contributed by atoms with Gasteiger partial charge in [0.1, 0.15) is 5.75 Å². The summed E-state index contributed by atoms with van der Waals surface area (Å²) in [6.07, 6.45) is 31.1. The van der Waals surface area contributed by atoms with Crippen molar-refractivity contribution in [2.45, 2.75) is 179 Å². The summed E-state index contributed by atoms with van der Waals surface area (Å²) in [5.41, 5.74) is 0.868. The zero-order valence-corrected chi connectivity index (χ0v) is 33.7. The number of hydrogen-bond donors (Lipinski definition) is 3. The molecule has 2 aliphatic rings. The van der Waals surface area contributed by atoms with Crippen molar-refractivity contribution in [1.82, 2.24) is 0 Å². The van der Waals surface area contributed by atoms with E-state index in [0.29, 0.717) is 43.6 Å². The molecule has 0 aromatic heterocycles. The van der Waals surface area contributed by atoms with Gasteiger partial charge in [0.2, 0.25) is 0 Å². The number of aliphatic hydroxyl groups excluding tert-OH is 2. The molecule has 7 nitrogen and oxygen atoms in total. The third kappa shape index (κ3) is 16.1. The van der Waals surface area contributed by atoms with Gasteiger partial charge in [-0.25, -0.2) is 4.79 Å². The molecule has 300 valence electrons. The minimum absolute atomic E-state index is 0.0311. The van der Waals surface area contributed by atoms with E-state index in [9.17, 15) is 24.9 Å². The highest BCUT2D eigenvalue weighted by Gasteiger charge is 2.42. The van der Waals surface area contributed by atoms with E-state index in [0.717, 1.165) is 44.9 Å². The van der Waals surface area contributed by atoms with Crippen LogP contribution < -0.4 is 4.74 Å². The van der Waals surface area contributed by atoms with Gasteiger partial charge in [-0.15, -0.1) is 11.6 Å². The fraction of sp³-hybridized carbons (Fsp3) is 0.733. The number of esters is 1. The predicted molar refractivity (Wildman–Crippen MR) is 216 cm³/mol. The van der Waals surface area contributed by atoms with Gasteiger partial charge in [0.25, 0.3) is 0 Å². The summed E-state index contributed by atoms with van der Waals surface area (Å²) in [5, 5.41) is 31.0. The highest BCUT2D eigenvalue weighted by molar-refractivity contribution is 6.21. The van der Waals surface area contributed by atoms with E-state index in [1.165, 1.54) is 70.6 Å². The lowest BCUT2D eigenvalue weighted by Crippen LogP contribution is -2.40. The molecule has 1 aromatic rings. The Kier molecular flexibility index (Phi) is 21.8. The van der Waals surface area contributed by atoms with Crippen molar-refractivity contribution in [2.75, 3.05) is 13.2 Å². The molecule has 0 saturated heterocycles. The van der Waals surface area contributed by atoms with Crippen molar-refractivity contribution in [2.24, 2.45) is 17.3 Å². The average Bonchev–Trinajstić information content (AvgIpc) is 3.38. The number of carbonyl (C=O) groups excluding carboxylic acids is 1. The number of allylic oxidation sites excluding steroid dienone is 2. The fourth-order valence-electron chi connectivity index (χ4n) is 8.12. The lowest BCUT2D eigenvalue weighted by Gasteiger charge is -2.45. The maximum atomic E-state index is 12.4. The minimum Gasteiger partial charge on any atom is -0.494 e.